The maximum absolute atomic E-state index is 7.92. The monoisotopic (exact) mass is 228 g/mol. The Bertz CT molecular complexity index is 540. The lowest BCUT2D eigenvalue weighted by molar-refractivity contribution is 0.483. The number of ether oxygens (including phenoxy) is 1. The molecule has 0 fully saturated rings. The summed E-state index contributed by atoms with van der Waals surface area (Å²) in [5.41, 5.74) is 7.41. The van der Waals surface area contributed by atoms with Gasteiger partial charge in [0, 0.05) is 11.8 Å². The Balaban J connectivity index is 2.17. The van der Waals surface area contributed by atoms with E-state index in [0.717, 1.165) is 18.4 Å². The second-order valence-corrected chi connectivity index (χ2v) is 3.97. The van der Waals surface area contributed by atoms with E-state index in [9.17, 15) is 0 Å². The lowest BCUT2D eigenvalue weighted by atomic mass is 10.1. The molecule has 88 valence electrons. The number of hydrogen-bond acceptors (Lipinski definition) is 2. The van der Waals surface area contributed by atoms with E-state index in [1.807, 2.05) is 30.3 Å². The Morgan fingerprint density at radius 3 is 2.76 bits per heavy atom. The molecule has 0 amide bonds. The van der Waals surface area contributed by atoms with Crippen LogP contribution in [0, 0.1) is 0 Å². The zero-order valence-corrected chi connectivity index (χ0v) is 9.94. The smallest absolute Gasteiger partial charge is 0.129 e. The molecule has 0 aliphatic heterocycles. The normalized spacial score (nSPS) is 11.0. The van der Waals surface area contributed by atoms with Crippen molar-refractivity contribution in [3.63, 3.8) is 0 Å². The second kappa shape index (κ2) is 5.39. The third kappa shape index (κ3) is 3.25. The van der Waals surface area contributed by atoms with Gasteiger partial charge in [-0.15, -0.1) is 0 Å². The van der Waals surface area contributed by atoms with Crippen molar-refractivity contribution in [2.24, 2.45) is 0 Å². The van der Waals surface area contributed by atoms with E-state index < -0.39 is 0 Å². The molecule has 0 saturated carbocycles. The number of anilines is 1. The molecular weight excluding hydrogens is 210 g/mol. The van der Waals surface area contributed by atoms with Crippen molar-refractivity contribution in [2.75, 3.05) is 5.73 Å². The van der Waals surface area contributed by atoms with Crippen molar-refractivity contribution in [2.45, 2.75) is 19.8 Å². The third-order valence-electron chi connectivity index (χ3n) is 2.46. The van der Waals surface area contributed by atoms with E-state index in [2.05, 4.69) is 6.92 Å². The Morgan fingerprint density at radius 2 is 2.06 bits per heavy atom. The zero-order valence-electron chi connectivity index (χ0n) is 10.9. The van der Waals surface area contributed by atoms with E-state index in [0.29, 0.717) is 23.2 Å². The van der Waals surface area contributed by atoms with Crippen molar-refractivity contribution < 1.29 is 6.11 Å². The van der Waals surface area contributed by atoms with Gasteiger partial charge < -0.3 is 10.5 Å². The molecule has 0 saturated heterocycles. The molecule has 0 radical (unpaired) electrons. The topological polar surface area (TPSA) is 35.2 Å². The maximum Gasteiger partial charge on any atom is 0.129 e. The molecule has 2 heteroatoms. The summed E-state index contributed by atoms with van der Waals surface area (Å²) in [6.07, 6.45) is 1.97. The van der Waals surface area contributed by atoms with Crippen LogP contribution in [0.4, 0.5) is 5.69 Å². The van der Waals surface area contributed by atoms with Gasteiger partial charge in [-0.3, -0.25) is 0 Å². The summed E-state index contributed by atoms with van der Waals surface area (Å²) >= 11 is 0. The van der Waals surface area contributed by atoms with Crippen molar-refractivity contribution in [1.82, 2.24) is 0 Å². The molecule has 0 spiro atoms. The van der Waals surface area contributed by atoms with Crippen molar-refractivity contribution in [3.8, 4) is 11.5 Å². The van der Waals surface area contributed by atoms with Crippen LogP contribution in [0.2, 0.25) is 0 Å². The molecule has 17 heavy (non-hydrogen) atoms. The molecule has 2 N–H and O–H groups in total. The van der Waals surface area contributed by atoms with Crippen molar-refractivity contribution in [3.05, 3.63) is 54.1 Å². The summed E-state index contributed by atoms with van der Waals surface area (Å²) in [5, 5.41) is 0. The lowest BCUT2D eigenvalue weighted by Crippen LogP contribution is -1.88. The van der Waals surface area contributed by atoms with E-state index in [1.165, 1.54) is 0 Å². The fourth-order valence-corrected chi connectivity index (χ4v) is 1.65. The number of nitrogens with two attached hydrogens (primary N) is 1. The summed E-state index contributed by atoms with van der Waals surface area (Å²) < 4.78 is 13.6. The number of hydrogen-bond donors (Lipinski definition) is 1. The first-order valence-electron chi connectivity index (χ1n) is 6.32. The Kier molecular flexibility index (Phi) is 3.24. The number of nitrogen functional groups attached to an aromatic ring is 1. The average Bonchev–Trinajstić information content (AvgIpc) is 2.33. The summed E-state index contributed by atoms with van der Waals surface area (Å²) in [5.74, 6) is 1.36. The van der Waals surface area contributed by atoms with Gasteiger partial charge >= 0.3 is 0 Å². The van der Waals surface area contributed by atoms with Crippen LogP contribution in [0.1, 0.15) is 20.3 Å². The molecule has 0 aromatic heterocycles. The molecular formula is C15H17NO. The van der Waals surface area contributed by atoms with Gasteiger partial charge in [0.25, 0.3) is 0 Å². The Morgan fingerprint density at radius 1 is 1.18 bits per heavy atom. The van der Waals surface area contributed by atoms with E-state index in [1.54, 1.807) is 12.1 Å². The van der Waals surface area contributed by atoms with E-state index >= 15 is 0 Å². The molecule has 0 aliphatic carbocycles. The van der Waals surface area contributed by atoms with Gasteiger partial charge in [0.2, 0.25) is 0 Å². The highest BCUT2D eigenvalue weighted by molar-refractivity contribution is 5.45. The van der Waals surface area contributed by atoms with Crippen LogP contribution in [0.3, 0.4) is 0 Å². The van der Waals surface area contributed by atoms with Gasteiger partial charge in [0.15, 0.2) is 0 Å². The fraction of sp³-hybridized carbons (Fsp3) is 0.200. The van der Waals surface area contributed by atoms with Gasteiger partial charge in [-0.1, -0.05) is 31.5 Å². The number of aryl methyl sites for hydroxylation is 1. The van der Waals surface area contributed by atoms with Crippen LogP contribution in [0.5, 0.6) is 11.5 Å². The lowest BCUT2D eigenvalue weighted by Gasteiger charge is -2.07. The quantitative estimate of drug-likeness (QED) is 0.802. The van der Waals surface area contributed by atoms with Gasteiger partial charge in [-0.25, -0.2) is 0 Å². The first-order chi connectivity index (χ1) is 8.69. The maximum atomic E-state index is 7.92. The SMILES string of the molecule is [2H]c1cc(Oc2cccc(N)c2)ccc1CCC. The molecule has 0 aliphatic rings. The summed E-state index contributed by atoms with van der Waals surface area (Å²) in [6, 6.07) is 13.4. The predicted molar refractivity (Wildman–Crippen MR) is 71.4 cm³/mol. The Labute approximate surface area is 103 Å². The van der Waals surface area contributed by atoms with Crippen LogP contribution >= 0.6 is 0 Å². The molecule has 2 nitrogen and oxygen atoms in total. The number of rotatable bonds is 4. The van der Waals surface area contributed by atoms with Crippen LogP contribution in [-0.4, -0.2) is 0 Å². The van der Waals surface area contributed by atoms with Crippen molar-refractivity contribution >= 4 is 5.69 Å². The summed E-state index contributed by atoms with van der Waals surface area (Å²) in [6.45, 7) is 2.11. The van der Waals surface area contributed by atoms with Gasteiger partial charge in [-0.2, -0.15) is 0 Å². The molecule has 0 heterocycles. The standard InChI is InChI=1S/C15H17NO/c1-2-4-12-7-9-14(10-8-12)17-15-6-3-5-13(16)11-15/h3,5-11H,2,4,16H2,1H3/i7D. The molecule has 2 aromatic carbocycles. The van der Waals surface area contributed by atoms with E-state index in [-0.39, 0.29) is 0 Å². The van der Waals surface area contributed by atoms with Crippen molar-refractivity contribution in [1.29, 1.82) is 0 Å². The highest BCUT2D eigenvalue weighted by atomic mass is 16.5. The predicted octanol–water partition coefficient (Wildman–Crippen LogP) is 4.01. The summed E-state index contributed by atoms with van der Waals surface area (Å²) in [4.78, 5) is 0. The first kappa shape index (κ1) is 10.2. The second-order valence-electron chi connectivity index (χ2n) is 3.97. The van der Waals surface area contributed by atoms with Gasteiger partial charge in [-0.05, 0) is 36.2 Å². The van der Waals surface area contributed by atoms with Crippen LogP contribution < -0.4 is 10.5 Å². The summed E-state index contributed by atoms with van der Waals surface area (Å²) in [7, 11) is 0. The molecule has 0 bridgehead atoms. The highest BCUT2D eigenvalue weighted by Crippen LogP contribution is 2.23. The molecule has 2 aromatic rings. The largest absolute Gasteiger partial charge is 0.457 e. The molecule has 2 rings (SSSR count). The van der Waals surface area contributed by atoms with E-state index in [4.69, 9.17) is 11.8 Å². The van der Waals surface area contributed by atoms with Gasteiger partial charge in [0.05, 0.1) is 1.37 Å². The van der Waals surface area contributed by atoms with Gasteiger partial charge in [0.1, 0.15) is 11.5 Å². The molecule has 0 unspecified atom stereocenters. The average molecular weight is 228 g/mol. The van der Waals surface area contributed by atoms with Crippen LogP contribution in [-0.2, 0) is 6.42 Å². The first-order valence-corrected chi connectivity index (χ1v) is 5.82. The Hall–Kier alpha value is -1.96. The minimum absolute atomic E-state index is 0.526. The van der Waals surface area contributed by atoms with Crippen LogP contribution in [0.25, 0.3) is 0 Å². The third-order valence-corrected chi connectivity index (χ3v) is 2.46. The molecule has 0 atom stereocenters. The highest BCUT2D eigenvalue weighted by Gasteiger charge is 1.98. The minimum atomic E-state index is 0.526. The minimum Gasteiger partial charge on any atom is -0.457 e. The van der Waals surface area contributed by atoms with Crippen LogP contribution in [0.15, 0.2) is 48.5 Å². The number of benzene rings is 2. The zero-order chi connectivity index (χ0) is 13.0. The fourth-order valence-electron chi connectivity index (χ4n) is 1.65.